The van der Waals surface area contributed by atoms with Crippen LogP contribution in [0.5, 0.6) is 17.2 Å². The van der Waals surface area contributed by atoms with Gasteiger partial charge in [0.05, 0.1) is 7.11 Å². The summed E-state index contributed by atoms with van der Waals surface area (Å²) in [5.41, 5.74) is 1.12. The van der Waals surface area contributed by atoms with Gasteiger partial charge in [0.1, 0.15) is 13.2 Å². The molecule has 1 aromatic carbocycles. The summed E-state index contributed by atoms with van der Waals surface area (Å²) < 4.78 is 16.6. The SMILES string of the molecule is COc1cc(CNCCCC(C)CO)cc2c1OCCO2. The summed E-state index contributed by atoms with van der Waals surface area (Å²) in [5, 5.41) is 12.4. The highest BCUT2D eigenvalue weighted by atomic mass is 16.6. The minimum Gasteiger partial charge on any atom is -0.493 e. The van der Waals surface area contributed by atoms with Gasteiger partial charge in [-0.2, -0.15) is 0 Å². The minimum absolute atomic E-state index is 0.263. The van der Waals surface area contributed by atoms with Crippen molar-refractivity contribution in [3.8, 4) is 17.2 Å². The Bertz CT molecular complexity index is 433. The molecule has 118 valence electrons. The fraction of sp³-hybridized carbons (Fsp3) is 0.625. The number of rotatable bonds is 8. The third-order valence-corrected chi connectivity index (χ3v) is 3.58. The molecule has 21 heavy (non-hydrogen) atoms. The molecule has 1 aliphatic heterocycles. The van der Waals surface area contributed by atoms with Crippen LogP contribution in [0.25, 0.3) is 0 Å². The molecule has 2 N–H and O–H groups in total. The number of ether oxygens (including phenoxy) is 3. The summed E-state index contributed by atoms with van der Waals surface area (Å²) in [7, 11) is 1.64. The molecule has 1 atom stereocenters. The van der Waals surface area contributed by atoms with Crippen molar-refractivity contribution in [3.05, 3.63) is 17.7 Å². The number of aliphatic hydroxyl groups excluding tert-OH is 1. The average Bonchev–Trinajstić information content (AvgIpc) is 2.53. The standard InChI is InChI=1S/C16H25NO4/c1-12(11-18)4-3-5-17-10-13-8-14(19-2)16-15(9-13)20-6-7-21-16/h8-9,12,17-18H,3-7,10-11H2,1-2H3. The first-order chi connectivity index (χ1) is 10.2. The number of fused-ring (bicyclic) bond motifs is 1. The van der Waals surface area contributed by atoms with Crippen molar-refractivity contribution in [1.29, 1.82) is 0 Å². The second-order valence-corrected chi connectivity index (χ2v) is 5.43. The van der Waals surface area contributed by atoms with E-state index in [1.165, 1.54) is 0 Å². The van der Waals surface area contributed by atoms with Crippen LogP contribution >= 0.6 is 0 Å². The molecular formula is C16H25NO4. The number of methoxy groups -OCH3 is 1. The predicted molar refractivity (Wildman–Crippen MR) is 81.2 cm³/mol. The van der Waals surface area contributed by atoms with Crippen LogP contribution in [0, 0.1) is 5.92 Å². The van der Waals surface area contributed by atoms with E-state index in [0.29, 0.717) is 24.9 Å². The Hall–Kier alpha value is -1.46. The molecule has 1 aromatic rings. The van der Waals surface area contributed by atoms with Crippen molar-refractivity contribution in [2.24, 2.45) is 5.92 Å². The summed E-state index contributed by atoms with van der Waals surface area (Å²) in [6.45, 7) is 5.16. The van der Waals surface area contributed by atoms with Gasteiger partial charge in [-0.05, 0) is 43.0 Å². The number of hydrogen-bond donors (Lipinski definition) is 2. The van der Waals surface area contributed by atoms with Gasteiger partial charge >= 0.3 is 0 Å². The maximum absolute atomic E-state index is 8.98. The Kier molecular flexibility index (Phi) is 6.14. The van der Waals surface area contributed by atoms with Gasteiger partial charge < -0.3 is 24.6 Å². The maximum Gasteiger partial charge on any atom is 0.203 e. The van der Waals surface area contributed by atoms with E-state index in [9.17, 15) is 0 Å². The van der Waals surface area contributed by atoms with E-state index < -0.39 is 0 Å². The van der Waals surface area contributed by atoms with Crippen molar-refractivity contribution in [1.82, 2.24) is 5.32 Å². The molecular weight excluding hydrogens is 270 g/mol. The fourth-order valence-corrected chi connectivity index (χ4v) is 2.33. The van der Waals surface area contributed by atoms with Crippen LogP contribution < -0.4 is 19.5 Å². The topological polar surface area (TPSA) is 60.0 Å². The number of aliphatic hydroxyl groups is 1. The maximum atomic E-state index is 8.98. The van der Waals surface area contributed by atoms with E-state index in [1.54, 1.807) is 7.11 Å². The zero-order valence-electron chi connectivity index (χ0n) is 12.9. The lowest BCUT2D eigenvalue weighted by Crippen LogP contribution is -2.18. The molecule has 5 nitrogen and oxygen atoms in total. The lowest BCUT2D eigenvalue weighted by Gasteiger charge is -2.21. The molecule has 1 aliphatic rings. The normalized spacial score (nSPS) is 14.8. The van der Waals surface area contributed by atoms with E-state index in [1.807, 2.05) is 12.1 Å². The predicted octanol–water partition coefficient (Wildman–Crippen LogP) is 1.96. The van der Waals surface area contributed by atoms with E-state index >= 15 is 0 Å². The molecule has 1 unspecified atom stereocenters. The van der Waals surface area contributed by atoms with Crippen LogP contribution in [0.3, 0.4) is 0 Å². The Morgan fingerprint density at radius 3 is 2.90 bits per heavy atom. The molecule has 0 bridgehead atoms. The Balaban J connectivity index is 1.86. The van der Waals surface area contributed by atoms with Gasteiger partial charge in [0.2, 0.25) is 5.75 Å². The first-order valence-electron chi connectivity index (χ1n) is 7.52. The molecule has 0 aliphatic carbocycles. The summed E-state index contributed by atoms with van der Waals surface area (Å²) in [4.78, 5) is 0. The highest BCUT2D eigenvalue weighted by Gasteiger charge is 2.18. The second-order valence-electron chi connectivity index (χ2n) is 5.43. The van der Waals surface area contributed by atoms with E-state index in [4.69, 9.17) is 19.3 Å². The number of benzene rings is 1. The summed E-state index contributed by atoms with van der Waals surface area (Å²) in [6, 6.07) is 3.98. The van der Waals surface area contributed by atoms with Crippen LogP contribution in [0.15, 0.2) is 12.1 Å². The number of nitrogens with one attached hydrogen (secondary N) is 1. The Morgan fingerprint density at radius 1 is 1.33 bits per heavy atom. The van der Waals surface area contributed by atoms with Crippen LogP contribution in [0.1, 0.15) is 25.3 Å². The molecule has 2 rings (SSSR count). The largest absolute Gasteiger partial charge is 0.493 e. The third kappa shape index (κ3) is 4.51. The minimum atomic E-state index is 0.263. The van der Waals surface area contributed by atoms with Gasteiger partial charge in [0.25, 0.3) is 0 Å². The monoisotopic (exact) mass is 295 g/mol. The Labute approximate surface area is 126 Å². The summed E-state index contributed by atoms with van der Waals surface area (Å²) in [5.74, 6) is 2.55. The molecule has 0 saturated carbocycles. The molecule has 0 aromatic heterocycles. The molecule has 0 radical (unpaired) electrons. The van der Waals surface area contributed by atoms with Gasteiger partial charge in [-0.25, -0.2) is 0 Å². The zero-order valence-corrected chi connectivity index (χ0v) is 12.9. The lowest BCUT2D eigenvalue weighted by molar-refractivity contribution is 0.165. The van der Waals surface area contributed by atoms with E-state index in [2.05, 4.69) is 12.2 Å². The molecule has 0 amide bonds. The molecule has 0 spiro atoms. The fourth-order valence-electron chi connectivity index (χ4n) is 2.33. The van der Waals surface area contributed by atoms with E-state index in [0.717, 1.165) is 43.0 Å². The van der Waals surface area contributed by atoms with Gasteiger partial charge in [0.15, 0.2) is 11.5 Å². The van der Waals surface area contributed by atoms with Crippen LogP contribution in [-0.4, -0.2) is 38.6 Å². The molecule has 0 fully saturated rings. The van der Waals surface area contributed by atoms with Crippen molar-refractivity contribution in [2.45, 2.75) is 26.3 Å². The highest BCUT2D eigenvalue weighted by molar-refractivity contribution is 5.54. The van der Waals surface area contributed by atoms with Crippen LogP contribution in [-0.2, 0) is 6.54 Å². The molecule has 1 heterocycles. The first-order valence-corrected chi connectivity index (χ1v) is 7.52. The summed E-state index contributed by atoms with van der Waals surface area (Å²) in [6.07, 6.45) is 2.09. The van der Waals surface area contributed by atoms with Gasteiger partial charge in [-0.3, -0.25) is 0 Å². The van der Waals surface area contributed by atoms with Gasteiger partial charge in [-0.1, -0.05) is 6.92 Å². The Morgan fingerprint density at radius 2 is 2.14 bits per heavy atom. The van der Waals surface area contributed by atoms with Crippen molar-refractivity contribution in [2.75, 3.05) is 33.5 Å². The molecule has 5 heteroatoms. The quantitative estimate of drug-likeness (QED) is 0.718. The smallest absolute Gasteiger partial charge is 0.203 e. The van der Waals surface area contributed by atoms with E-state index in [-0.39, 0.29) is 6.61 Å². The molecule has 0 saturated heterocycles. The second kappa shape index (κ2) is 8.10. The van der Waals surface area contributed by atoms with Crippen LogP contribution in [0.2, 0.25) is 0 Å². The van der Waals surface area contributed by atoms with Gasteiger partial charge in [0, 0.05) is 13.2 Å². The lowest BCUT2D eigenvalue weighted by atomic mass is 10.1. The van der Waals surface area contributed by atoms with Crippen molar-refractivity contribution >= 4 is 0 Å². The highest BCUT2D eigenvalue weighted by Crippen LogP contribution is 2.40. The average molecular weight is 295 g/mol. The zero-order chi connectivity index (χ0) is 15.1. The first kappa shape index (κ1) is 15.9. The summed E-state index contributed by atoms with van der Waals surface area (Å²) >= 11 is 0. The van der Waals surface area contributed by atoms with Crippen molar-refractivity contribution in [3.63, 3.8) is 0 Å². The van der Waals surface area contributed by atoms with Gasteiger partial charge in [-0.15, -0.1) is 0 Å². The van der Waals surface area contributed by atoms with Crippen LogP contribution in [0.4, 0.5) is 0 Å². The number of hydrogen-bond acceptors (Lipinski definition) is 5. The third-order valence-electron chi connectivity index (χ3n) is 3.58. The van der Waals surface area contributed by atoms with Crippen molar-refractivity contribution < 1.29 is 19.3 Å².